The van der Waals surface area contributed by atoms with Crippen molar-refractivity contribution in [3.8, 4) is 0 Å². The molecule has 1 atom stereocenters. The molecule has 0 saturated carbocycles. The first-order valence-corrected chi connectivity index (χ1v) is 6.07. The molecule has 0 aliphatic rings. The Labute approximate surface area is 99.4 Å². The first-order valence-electron chi connectivity index (χ1n) is 6.07. The van der Waals surface area contributed by atoms with Crippen molar-refractivity contribution in [1.82, 2.24) is 5.32 Å². The van der Waals surface area contributed by atoms with Crippen molar-refractivity contribution >= 4 is 0 Å². The van der Waals surface area contributed by atoms with E-state index in [-0.39, 0.29) is 0 Å². The molecule has 1 aromatic rings. The van der Waals surface area contributed by atoms with E-state index in [2.05, 4.69) is 32.2 Å². The van der Waals surface area contributed by atoms with Crippen molar-refractivity contribution in [2.24, 2.45) is 5.41 Å². The summed E-state index contributed by atoms with van der Waals surface area (Å²) in [6, 6.07) is 2.57. The molecule has 0 fully saturated rings. The summed E-state index contributed by atoms with van der Waals surface area (Å²) in [7, 11) is 2.02. The molecule has 0 amide bonds. The van der Waals surface area contributed by atoms with Gasteiger partial charge in [0.05, 0.1) is 0 Å². The van der Waals surface area contributed by atoms with Crippen molar-refractivity contribution < 1.29 is 4.42 Å². The zero-order chi connectivity index (χ0) is 12.3. The highest BCUT2D eigenvalue weighted by molar-refractivity contribution is 5.23. The van der Waals surface area contributed by atoms with Crippen LogP contribution in [0.3, 0.4) is 0 Å². The molecule has 0 spiro atoms. The van der Waals surface area contributed by atoms with Crippen LogP contribution in [0, 0.1) is 19.3 Å². The average molecular weight is 223 g/mol. The number of nitrogens with one attached hydrogen (secondary N) is 1. The van der Waals surface area contributed by atoms with E-state index >= 15 is 0 Å². The van der Waals surface area contributed by atoms with Gasteiger partial charge in [0.1, 0.15) is 11.5 Å². The van der Waals surface area contributed by atoms with Gasteiger partial charge in [-0.15, -0.1) is 0 Å². The van der Waals surface area contributed by atoms with E-state index in [1.165, 1.54) is 12.0 Å². The topological polar surface area (TPSA) is 25.2 Å². The van der Waals surface area contributed by atoms with Gasteiger partial charge in [-0.2, -0.15) is 0 Å². The van der Waals surface area contributed by atoms with Crippen LogP contribution in [0.15, 0.2) is 10.5 Å². The van der Waals surface area contributed by atoms with Crippen molar-refractivity contribution in [1.29, 1.82) is 0 Å². The summed E-state index contributed by atoms with van der Waals surface area (Å²) in [5.41, 5.74) is 1.70. The SMILES string of the molecule is CNC(CCC(C)(C)C)c1cc(C)oc1C. The minimum atomic E-state index is 0.391. The van der Waals surface area contributed by atoms with E-state index in [9.17, 15) is 0 Å². The lowest BCUT2D eigenvalue weighted by Crippen LogP contribution is -2.19. The molecular weight excluding hydrogens is 198 g/mol. The molecule has 1 N–H and O–H groups in total. The molecule has 0 aromatic carbocycles. The standard InChI is InChI=1S/C14H25NO/c1-10-9-12(11(2)16-10)13(15-6)7-8-14(3,4)5/h9,13,15H,7-8H2,1-6H3. The van der Waals surface area contributed by atoms with Crippen LogP contribution >= 0.6 is 0 Å². The monoisotopic (exact) mass is 223 g/mol. The van der Waals surface area contributed by atoms with Crippen LogP contribution in [0.1, 0.15) is 56.7 Å². The predicted molar refractivity (Wildman–Crippen MR) is 68.7 cm³/mol. The van der Waals surface area contributed by atoms with Crippen LogP contribution in [0.2, 0.25) is 0 Å². The molecule has 0 aliphatic carbocycles. The number of hydrogen-bond donors (Lipinski definition) is 1. The van der Waals surface area contributed by atoms with E-state index < -0.39 is 0 Å². The summed E-state index contributed by atoms with van der Waals surface area (Å²) in [6.07, 6.45) is 2.36. The molecule has 1 unspecified atom stereocenters. The number of rotatable bonds is 4. The maximum absolute atomic E-state index is 5.59. The second-order valence-corrected chi connectivity index (χ2v) is 5.81. The number of furan rings is 1. The molecule has 0 aliphatic heterocycles. The Morgan fingerprint density at radius 2 is 1.94 bits per heavy atom. The van der Waals surface area contributed by atoms with Gasteiger partial charge in [-0.05, 0) is 45.2 Å². The molecule has 2 heteroatoms. The molecule has 2 nitrogen and oxygen atoms in total. The lowest BCUT2D eigenvalue weighted by Gasteiger charge is -2.22. The van der Waals surface area contributed by atoms with Gasteiger partial charge < -0.3 is 9.73 Å². The minimum absolute atomic E-state index is 0.391. The van der Waals surface area contributed by atoms with Crippen LogP contribution in [0.5, 0.6) is 0 Å². The zero-order valence-electron chi connectivity index (χ0n) is 11.5. The third-order valence-electron chi connectivity index (χ3n) is 2.99. The van der Waals surface area contributed by atoms with Crippen molar-refractivity contribution in [3.05, 3.63) is 23.2 Å². The van der Waals surface area contributed by atoms with E-state index in [1.807, 2.05) is 20.9 Å². The van der Waals surface area contributed by atoms with Crippen molar-refractivity contribution in [2.75, 3.05) is 7.05 Å². The Bertz CT molecular complexity index is 333. The molecule has 1 aromatic heterocycles. The van der Waals surface area contributed by atoms with Crippen LogP contribution in [0.4, 0.5) is 0 Å². The lowest BCUT2D eigenvalue weighted by atomic mass is 9.87. The number of aryl methyl sites for hydroxylation is 2. The van der Waals surface area contributed by atoms with Crippen LogP contribution in [-0.4, -0.2) is 7.05 Å². The Kier molecular flexibility index (Phi) is 4.20. The molecule has 16 heavy (non-hydrogen) atoms. The molecule has 0 bridgehead atoms. The second-order valence-electron chi connectivity index (χ2n) is 5.81. The molecule has 0 radical (unpaired) electrons. The Morgan fingerprint density at radius 1 is 1.31 bits per heavy atom. The zero-order valence-corrected chi connectivity index (χ0v) is 11.5. The third-order valence-corrected chi connectivity index (χ3v) is 2.99. The average Bonchev–Trinajstić information content (AvgIpc) is 2.45. The summed E-state index contributed by atoms with van der Waals surface area (Å²) in [4.78, 5) is 0. The van der Waals surface area contributed by atoms with Gasteiger partial charge in [0.2, 0.25) is 0 Å². The Hall–Kier alpha value is -0.760. The second kappa shape index (κ2) is 5.05. The summed E-state index contributed by atoms with van der Waals surface area (Å²) < 4.78 is 5.59. The fourth-order valence-corrected chi connectivity index (χ4v) is 2.03. The smallest absolute Gasteiger partial charge is 0.105 e. The first kappa shape index (κ1) is 13.3. The van der Waals surface area contributed by atoms with Crippen molar-refractivity contribution in [2.45, 2.75) is 53.5 Å². The fourth-order valence-electron chi connectivity index (χ4n) is 2.03. The molecular formula is C14H25NO. The van der Waals surface area contributed by atoms with Gasteiger partial charge >= 0.3 is 0 Å². The van der Waals surface area contributed by atoms with Gasteiger partial charge in [0.15, 0.2) is 0 Å². The largest absolute Gasteiger partial charge is 0.466 e. The van der Waals surface area contributed by atoms with Crippen LogP contribution in [0.25, 0.3) is 0 Å². The molecule has 1 heterocycles. The maximum Gasteiger partial charge on any atom is 0.105 e. The highest BCUT2D eigenvalue weighted by Crippen LogP contribution is 2.29. The summed E-state index contributed by atoms with van der Waals surface area (Å²) >= 11 is 0. The van der Waals surface area contributed by atoms with Crippen molar-refractivity contribution in [3.63, 3.8) is 0 Å². The van der Waals surface area contributed by atoms with Crippen LogP contribution < -0.4 is 5.32 Å². The Balaban J connectivity index is 2.71. The van der Waals surface area contributed by atoms with E-state index in [0.29, 0.717) is 11.5 Å². The van der Waals surface area contributed by atoms with Gasteiger partial charge in [-0.25, -0.2) is 0 Å². The Morgan fingerprint density at radius 3 is 2.31 bits per heavy atom. The fraction of sp³-hybridized carbons (Fsp3) is 0.714. The van der Waals surface area contributed by atoms with E-state index in [4.69, 9.17) is 4.42 Å². The van der Waals surface area contributed by atoms with Crippen LogP contribution in [-0.2, 0) is 0 Å². The van der Waals surface area contributed by atoms with Gasteiger partial charge in [-0.1, -0.05) is 20.8 Å². The van der Waals surface area contributed by atoms with E-state index in [0.717, 1.165) is 17.9 Å². The maximum atomic E-state index is 5.59. The lowest BCUT2D eigenvalue weighted by molar-refractivity contribution is 0.336. The van der Waals surface area contributed by atoms with Gasteiger partial charge in [-0.3, -0.25) is 0 Å². The first-order chi connectivity index (χ1) is 7.33. The predicted octanol–water partition coefficient (Wildman–Crippen LogP) is 3.98. The molecule has 1 rings (SSSR count). The normalized spacial score (nSPS) is 14.1. The third kappa shape index (κ3) is 3.67. The highest BCUT2D eigenvalue weighted by atomic mass is 16.3. The highest BCUT2D eigenvalue weighted by Gasteiger charge is 2.18. The quantitative estimate of drug-likeness (QED) is 0.835. The van der Waals surface area contributed by atoms with Gasteiger partial charge in [0.25, 0.3) is 0 Å². The molecule has 92 valence electrons. The molecule has 0 saturated heterocycles. The van der Waals surface area contributed by atoms with E-state index in [1.54, 1.807) is 0 Å². The summed E-state index contributed by atoms with van der Waals surface area (Å²) in [6.45, 7) is 10.9. The minimum Gasteiger partial charge on any atom is -0.466 e. The summed E-state index contributed by atoms with van der Waals surface area (Å²) in [5.74, 6) is 2.05. The number of hydrogen-bond acceptors (Lipinski definition) is 2. The summed E-state index contributed by atoms with van der Waals surface area (Å²) in [5, 5.41) is 3.39. The van der Waals surface area contributed by atoms with Gasteiger partial charge in [0, 0.05) is 11.6 Å².